The fourth-order valence-electron chi connectivity index (χ4n) is 2.29. The van der Waals surface area contributed by atoms with E-state index in [0.29, 0.717) is 0 Å². The summed E-state index contributed by atoms with van der Waals surface area (Å²) in [6.07, 6.45) is -7.03. The standard InChI is InChI=1S/C15H20N2O9/c18-6-9-11(20)12(21)13(22)15(26-9)25-8-3-1-7(2-4-8)14(23)16-5-10(19)17-24/h1-4,9,11-13,15,18,20-22,24H,5-6H2,(H,16,23)(H,17,19)/t9-,11-,12+,13-,15-/m1/s1. The quantitative estimate of drug-likeness (QED) is 0.204. The summed E-state index contributed by atoms with van der Waals surface area (Å²) < 4.78 is 10.6. The summed E-state index contributed by atoms with van der Waals surface area (Å²) in [5, 5.41) is 49.1. The summed E-state index contributed by atoms with van der Waals surface area (Å²) in [5.74, 6) is -1.15. The van der Waals surface area contributed by atoms with Gasteiger partial charge in [-0.25, -0.2) is 5.48 Å². The van der Waals surface area contributed by atoms with E-state index in [9.17, 15) is 24.9 Å². The van der Waals surface area contributed by atoms with E-state index in [1.54, 1.807) is 0 Å². The highest BCUT2D eigenvalue weighted by atomic mass is 16.7. The molecule has 0 aliphatic carbocycles. The minimum Gasteiger partial charge on any atom is -0.462 e. The number of rotatable bonds is 6. The third-order valence-corrected chi connectivity index (χ3v) is 3.75. The van der Waals surface area contributed by atoms with Crippen molar-refractivity contribution in [1.82, 2.24) is 10.8 Å². The molecule has 1 saturated heterocycles. The molecule has 1 heterocycles. The lowest BCUT2D eigenvalue weighted by Gasteiger charge is -2.39. The first-order valence-electron chi connectivity index (χ1n) is 7.65. The third kappa shape index (κ3) is 4.66. The van der Waals surface area contributed by atoms with Gasteiger partial charge in [0.15, 0.2) is 0 Å². The topological polar surface area (TPSA) is 178 Å². The molecule has 1 aliphatic rings. The first-order chi connectivity index (χ1) is 12.4. The maximum atomic E-state index is 11.8. The zero-order valence-corrected chi connectivity index (χ0v) is 13.5. The van der Waals surface area contributed by atoms with E-state index in [1.807, 2.05) is 0 Å². The van der Waals surface area contributed by atoms with Gasteiger partial charge in [-0.3, -0.25) is 14.8 Å². The minimum absolute atomic E-state index is 0.194. The van der Waals surface area contributed by atoms with E-state index in [1.165, 1.54) is 29.7 Å². The number of hydroxylamine groups is 1. The Kier molecular flexibility index (Phi) is 6.85. The molecular formula is C15H20N2O9. The molecule has 0 spiro atoms. The molecule has 144 valence electrons. The molecule has 1 fully saturated rings. The number of ether oxygens (including phenoxy) is 2. The molecule has 5 atom stereocenters. The van der Waals surface area contributed by atoms with Crippen LogP contribution < -0.4 is 15.5 Å². The number of hydrogen-bond donors (Lipinski definition) is 7. The fourth-order valence-corrected chi connectivity index (χ4v) is 2.29. The van der Waals surface area contributed by atoms with Crippen molar-refractivity contribution < 1.29 is 44.7 Å². The average Bonchev–Trinajstić information content (AvgIpc) is 2.66. The van der Waals surface area contributed by atoms with Crippen molar-refractivity contribution in [2.75, 3.05) is 13.2 Å². The molecular weight excluding hydrogens is 352 g/mol. The van der Waals surface area contributed by atoms with Crippen LogP contribution in [0.3, 0.4) is 0 Å². The molecule has 1 aromatic rings. The monoisotopic (exact) mass is 372 g/mol. The number of aliphatic hydroxyl groups excluding tert-OH is 4. The van der Waals surface area contributed by atoms with Gasteiger partial charge in [0.25, 0.3) is 11.8 Å². The van der Waals surface area contributed by atoms with Crippen molar-refractivity contribution in [1.29, 1.82) is 0 Å². The Bertz CT molecular complexity index is 622. The summed E-state index contributed by atoms with van der Waals surface area (Å²) in [6.45, 7) is -0.982. The molecule has 1 aliphatic heterocycles. The first-order valence-corrected chi connectivity index (χ1v) is 7.65. The lowest BCUT2D eigenvalue weighted by molar-refractivity contribution is -0.277. The number of carbonyl (C=O) groups excluding carboxylic acids is 2. The van der Waals surface area contributed by atoms with Gasteiger partial charge in [-0.05, 0) is 24.3 Å². The van der Waals surface area contributed by atoms with Crippen molar-refractivity contribution in [3.63, 3.8) is 0 Å². The highest BCUT2D eigenvalue weighted by Gasteiger charge is 2.44. The van der Waals surface area contributed by atoms with E-state index in [2.05, 4.69) is 5.32 Å². The highest BCUT2D eigenvalue weighted by molar-refractivity contribution is 5.96. The molecule has 2 amide bonds. The van der Waals surface area contributed by atoms with Crippen LogP contribution in [0.5, 0.6) is 5.75 Å². The second-order valence-electron chi connectivity index (χ2n) is 5.56. The molecule has 7 N–H and O–H groups in total. The van der Waals surface area contributed by atoms with Crippen LogP contribution in [0.4, 0.5) is 0 Å². The number of nitrogens with one attached hydrogen (secondary N) is 2. The summed E-state index contributed by atoms with van der Waals surface area (Å²) in [6, 6.07) is 5.54. The van der Waals surface area contributed by atoms with Crippen molar-refractivity contribution in [3.05, 3.63) is 29.8 Å². The fraction of sp³-hybridized carbons (Fsp3) is 0.467. The van der Waals surface area contributed by atoms with Gasteiger partial charge in [0.2, 0.25) is 6.29 Å². The maximum Gasteiger partial charge on any atom is 0.262 e. The zero-order chi connectivity index (χ0) is 19.3. The van der Waals surface area contributed by atoms with Gasteiger partial charge in [0.1, 0.15) is 30.2 Å². The third-order valence-electron chi connectivity index (χ3n) is 3.75. The number of benzene rings is 1. The van der Waals surface area contributed by atoms with Crippen LogP contribution in [-0.4, -0.2) is 81.3 Å². The number of amides is 2. The Morgan fingerprint density at radius 3 is 2.31 bits per heavy atom. The predicted octanol–water partition coefficient (Wildman–Crippen LogP) is -2.90. The maximum absolute atomic E-state index is 11.8. The Balaban J connectivity index is 1.98. The molecule has 0 unspecified atom stereocenters. The van der Waals surface area contributed by atoms with E-state index >= 15 is 0 Å². The van der Waals surface area contributed by atoms with Gasteiger partial charge >= 0.3 is 0 Å². The predicted molar refractivity (Wildman–Crippen MR) is 83.1 cm³/mol. The van der Waals surface area contributed by atoms with E-state index in [4.69, 9.17) is 19.8 Å². The molecule has 2 rings (SSSR count). The second kappa shape index (κ2) is 8.89. The Morgan fingerprint density at radius 2 is 1.73 bits per heavy atom. The van der Waals surface area contributed by atoms with Crippen LogP contribution in [0, 0.1) is 0 Å². The van der Waals surface area contributed by atoms with E-state index in [0.717, 1.165) is 0 Å². The van der Waals surface area contributed by atoms with Crippen molar-refractivity contribution in [3.8, 4) is 5.75 Å². The Morgan fingerprint density at radius 1 is 1.08 bits per heavy atom. The number of hydrogen-bond acceptors (Lipinski definition) is 9. The average molecular weight is 372 g/mol. The summed E-state index contributed by atoms with van der Waals surface area (Å²) in [4.78, 5) is 22.7. The molecule has 11 heteroatoms. The van der Waals surface area contributed by atoms with Crippen LogP contribution in [0.1, 0.15) is 10.4 Å². The normalized spacial score (nSPS) is 28.3. The molecule has 11 nitrogen and oxygen atoms in total. The first kappa shape index (κ1) is 20.0. The lowest BCUT2D eigenvalue weighted by Crippen LogP contribution is -2.60. The summed E-state index contributed by atoms with van der Waals surface area (Å²) in [5.41, 5.74) is 1.58. The van der Waals surface area contributed by atoms with Crippen molar-refractivity contribution >= 4 is 11.8 Å². The zero-order valence-electron chi connectivity index (χ0n) is 13.5. The van der Waals surface area contributed by atoms with Gasteiger partial charge in [-0.1, -0.05) is 0 Å². The second-order valence-corrected chi connectivity index (χ2v) is 5.56. The van der Waals surface area contributed by atoms with Gasteiger partial charge < -0.3 is 35.2 Å². The van der Waals surface area contributed by atoms with Crippen LogP contribution in [0.2, 0.25) is 0 Å². The minimum atomic E-state index is -1.56. The van der Waals surface area contributed by atoms with Crippen LogP contribution >= 0.6 is 0 Å². The van der Waals surface area contributed by atoms with Crippen LogP contribution in [0.15, 0.2) is 24.3 Å². The molecule has 0 aromatic heterocycles. The summed E-state index contributed by atoms with van der Waals surface area (Å²) >= 11 is 0. The SMILES string of the molecule is O=C(CNC(=O)c1ccc(O[C@@H]2O[C@H](CO)[C@@H](O)[C@H](O)[C@H]2O)cc1)NO. The van der Waals surface area contributed by atoms with Gasteiger partial charge in [-0.15, -0.1) is 0 Å². The Hall–Kier alpha value is -2.28. The van der Waals surface area contributed by atoms with Crippen LogP contribution in [0.25, 0.3) is 0 Å². The Labute approximate surface area is 147 Å². The van der Waals surface area contributed by atoms with Gasteiger partial charge in [0.05, 0.1) is 13.2 Å². The molecule has 26 heavy (non-hydrogen) atoms. The molecule has 0 bridgehead atoms. The molecule has 0 saturated carbocycles. The van der Waals surface area contributed by atoms with E-state index < -0.39 is 55.7 Å². The van der Waals surface area contributed by atoms with Crippen molar-refractivity contribution in [2.45, 2.75) is 30.7 Å². The van der Waals surface area contributed by atoms with Crippen molar-refractivity contribution in [2.24, 2.45) is 0 Å². The van der Waals surface area contributed by atoms with Gasteiger partial charge in [-0.2, -0.15) is 0 Å². The number of aliphatic hydroxyl groups is 4. The van der Waals surface area contributed by atoms with Crippen LogP contribution in [-0.2, 0) is 9.53 Å². The molecule has 1 aromatic carbocycles. The molecule has 0 radical (unpaired) electrons. The van der Waals surface area contributed by atoms with Gasteiger partial charge in [0, 0.05) is 5.56 Å². The highest BCUT2D eigenvalue weighted by Crippen LogP contribution is 2.24. The smallest absolute Gasteiger partial charge is 0.262 e. The largest absolute Gasteiger partial charge is 0.462 e. The lowest BCUT2D eigenvalue weighted by atomic mass is 9.99. The number of carbonyl (C=O) groups is 2. The summed E-state index contributed by atoms with van der Waals surface area (Å²) in [7, 11) is 0. The van der Waals surface area contributed by atoms with E-state index in [-0.39, 0.29) is 11.3 Å².